The smallest absolute Gasteiger partial charge is 0.248 e. The van der Waals surface area contributed by atoms with Crippen LogP contribution in [0.1, 0.15) is 24.8 Å². The van der Waals surface area contributed by atoms with Crippen molar-refractivity contribution in [3.63, 3.8) is 0 Å². The molecule has 0 aliphatic carbocycles. The summed E-state index contributed by atoms with van der Waals surface area (Å²) in [6.45, 7) is 4.66. The number of aryl methyl sites for hydroxylation is 1. The van der Waals surface area contributed by atoms with E-state index in [1.807, 2.05) is 17.9 Å². The molecule has 140 valence electrons. The van der Waals surface area contributed by atoms with Crippen LogP contribution in [0.4, 0.5) is 0 Å². The molecule has 0 aromatic carbocycles. The Morgan fingerprint density at radius 2 is 2.20 bits per heavy atom. The van der Waals surface area contributed by atoms with Crippen LogP contribution in [0, 0.1) is 5.41 Å². The van der Waals surface area contributed by atoms with Crippen LogP contribution in [0.25, 0.3) is 0 Å². The molecule has 1 aromatic rings. The van der Waals surface area contributed by atoms with E-state index >= 15 is 0 Å². The zero-order valence-electron chi connectivity index (χ0n) is 15.6. The molecule has 25 heavy (non-hydrogen) atoms. The van der Waals surface area contributed by atoms with E-state index < -0.39 is 0 Å². The van der Waals surface area contributed by atoms with Gasteiger partial charge < -0.3 is 14.4 Å². The maximum absolute atomic E-state index is 11.5. The Balaban J connectivity index is 1.39. The first-order valence-electron chi connectivity index (χ1n) is 9.05. The lowest BCUT2D eigenvalue weighted by atomic mass is 9.76. The number of nitrogens with zero attached hydrogens (tertiary/aromatic N) is 4. The summed E-state index contributed by atoms with van der Waals surface area (Å²) >= 11 is 0. The van der Waals surface area contributed by atoms with E-state index in [2.05, 4.69) is 16.2 Å². The highest BCUT2D eigenvalue weighted by Crippen LogP contribution is 2.42. The predicted molar refractivity (Wildman–Crippen MR) is 94.0 cm³/mol. The molecular weight excluding hydrogens is 320 g/mol. The Hall–Kier alpha value is -1.44. The number of rotatable bonds is 6. The van der Waals surface area contributed by atoms with E-state index in [1.54, 1.807) is 19.0 Å². The highest BCUT2D eigenvalue weighted by molar-refractivity contribution is 5.76. The molecule has 2 fully saturated rings. The number of amides is 1. The molecule has 7 nitrogen and oxygen atoms in total. The summed E-state index contributed by atoms with van der Waals surface area (Å²) < 4.78 is 13.4. The standard InChI is InChI=1S/C18H30N4O3/c1-20(2)17(23)13-24-12-16-8-18(14-25-16)4-6-22(7-5-18)11-15-9-19-21(3)10-15/h9-10,16H,4-8,11-14H2,1-3H3. The Labute approximate surface area is 149 Å². The molecule has 0 N–H and O–H groups in total. The number of carbonyl (C=O) groups is 1. The van der Waals surface area contributed by atoms with Crippen molar-refractivity contribution in [3.8, 4) is 0 Å². The molecule has 1 amide bonds. The van der Waals surface area contributed by atoms with Crippen molar-refractivity contribution in [1.82, 2.24) is 19.6 Å². The van der Waals surface area contributed by atoms with Gasteiger partial charge in [0.05, 0.1) is 25.5 Å². The third-order valence-electron chi connectivity index (χ3n) is 5.40. The molecule has 0 radical (unpaired) electrons. The third kappa shape index (κ3) is 4.80. The molecule has 3 heterocycles. The highest BCUT2D eigenvalue weighted by atomic mass is 16.5. The minimum absolute atomic E-state index is 0.00331. The SMILES string of the molecule is CN(C)C(=O)COCC1CC2(CCN(Cc3cnn(C)c3)CC2)CO1. The number of aromatic nitrogens is 2. The van der Waals surface area contributed by atoms with Crippen LogP contribution in [-0.2, 0) is 27.9 Å². The van der Waals surface area contributed by atoms with E-state index in [9.17, 15) is 4.79 Å². The maximum Gasteiger partial charge on any atom is 0.248 e. The summed E-state index contributed by atoms with van der Waals surface area (Å²) in [5, 5.41) is 4.24. The zero-order valence-corrected chi connectivity index (χ0v) is 15.6. The predicted octanol–water partition coefficient (Wildman–Crippen LogP) is 0.896. The molecular formula is C18H30N4O3. The van der Waals surface area contributed by atoms with E-state index in [4.69, 9.17) is 9.47 Å². The van der Waals surface area contributed by atoms with Crippen LogP contribution in [0.3, 0.4) is 0 Å². The van der Waals surface area contributed by atoms with Crippen LogP contribution >= 0.6 is 0 Å². The number of likely N-dealkylation sites (N-methyl/N-ethyl adjacent to an activating group) is 1. The number of ether oxygens (including phenoxy) is 2. The maximum atomic E-state index is 11.5. The van der Waals surface area contributed by atoms with Gasteiger partial charge in [-0.3, -0.25) is 14.4 Å². The first-order chi connectivity index (χ1) is 12.0. The van der Waals surface area contributed by atoms with Crippen LogP contribution in [0.5, 0.6) is 0 Å². The van der Waals surface area contributed by atoms with E-state index in [-0.39, 0.29) is 18.6 Å². The van der Waals surface area contributed by atoms with Crippen LogP contribution in [0.15, 0.2) is 12.4 Å². The summed E-state index contributed by atoms with van der Waals surface area (Å²) in [5.74, 6) is -0.00331. The lowest BCUT2D eigenvalue weighted by Gasteiger charge is -2.38. The summed E-state index contributed by atoms with van der Waals surface area (Å²) in [5.41, 5.74) is 1.57. The molecule has 7 heteroatoms. The van der Waals surface area contributed by atoms with Crippen LogP contribution in [0.2, 0.25) is 0 Å². The third-order valence-corrected chi connectivity index (χ3v) is 5.40. The summed E-state index contributed by atoms with van der Waals surface area (Å²) in [7, 11) is 5.44. The first kappa shape index (κ1) is 18.4. The van der Waals surface area contributed by atoms with Crippen LogP contribution in [-0.4, -0.2) is 78.6 Å². The molecule has 1 unspecified atom stereocenters. The van der Waals surface area contributed by atoms with Crippen LogP contribution < -0.4 is 0 Å². The van der Waals surface area contributed by atoms with E-state index in [0.29, 0.717) is 12.0 Å². The van der Waals surface area contributed by atoms with Crippen molar-refractivity contribution in [2.75, 3.05) is 47.0 Å². The number of hydrogen-bond donors (Lipinski definition) is 0. The number of hydrogen-bond acceptors (Lipinski definition) is 5. The Morgan fingerprint density at radius 1 is 1.44 bits per heavy atom. The molecule has 1 atom stereocenters. The minimum atomic E-state index is -0.00331. The number of carbonyl (C=O) groups excluding carboxylic acids is 1. The van der Waals surface area contributed by atoms with Gasteiger partial charge in [0.2, 0.25) is 5.91 Å². The van der Waals surface area contributed by atoms with Crippen molar-refractivity contribution >= 4 is 5.91 Å². The van der Waals surface area contributed by atoms with Crippen molar-refractivity contribution in [3.05, 3.63) is 18.0 Å². The summed E-state index contributed by atoms with van der Waals surface area (Å²) in [6.07, 6.45) is 7.54. The van der Waals surface area contributed by atoms with Gasteiger partial charge in [0.15, 0.2) is 0 Å². The molecule has 2 saturated heterocycles. The van der Waals surface area contributed by atoms with Gasteiger partial charge in [0, 0.05) is 39.4 Å². The fraction of sp³-hybridized carbons (Fsp3) is 0.778. The summed E-state index contributed by atoms with van der Waals surface area (Å²) in [4.78, 5) is 15.6. The topological polar surface area (TPSA) is 59.8 Å². The quantitative estimate of drug-likeness (QED) is 0.763. The second-order valence-corrected chi connectivity index (χ2v) is 7.74. The zero-order chi connectivity index (χ0) is 17.9. The van der Waals surface area contributed by atoms with Gasteiger partial charge in [-0.2, -0.15) is 5.10 Å². The Morgan fingerprint density at radius 3 is 2.84 bits per heavy atom. The second-order valence-electron chi connectivity index (χ2n) is 7.74. The molecule has 0 saturated carbocycles. The van der Waals surface area contributed by atoms with Crippen molar-refractivity contribution < 1.29 is 14.3 Å². The Bertz CT molecular complexity index is 579. The normalized spacial score (nSPS) is 23.2. The molecule has 1 aromatic heterocycles. The summed E-state index contributed by atoms with van der Waals surface area (Å²) in [6, 6.07) is 0. The lowest BCUT2D eigenvalue weighted by Crippen LogP contribution is -2.40. The van der Waals surface area contributed by atoms with Crippen molar-refractivity contribution in [2.45, 2.75) is 31.9 Å². The molecule has 2 aliphatic rings. The minimum Gasteiger partial charge on any atom is -0.375 e. The molecule has 3 rings (SSSR count). The first-order valence-corrected chi connectivity index (χ1v) is 9.05. The average Bonchev–Trinajstić information content (AvgIpc) is 3.16. The molecule has 2 aliphatic heterocycles. The van der Waals surface area contributed by atoms with Crippen molar-refractivity contribution in [1.29, 1.82) is 0 Å². The van der Waals surface area contributed by atoms with E-state index in [0.717, 1.165) is 32.7 Å². The molecule has 1 spiro atoms. The average molecular weight is 350 g/mol. The monoisotopic (exact) mass is 350 g/mol. The van der Waals surface area contributed by atoms with Crippen molar-refractivity contribution in [2.24, 2.45) is 12.5 Å². The highest BCUT2D eigenvalue weighted by Gasteiger charge is 2.42. The number of piperidine rings is 1. The largest absolute Gasteiger partial charge is 0.375 e. The van der Waals surface area contributed by atoms with E-state index in [1.165, 1.54) is 18.4 Å². The van der Waals surface area contributed by atoms with Gasteiger partial charge in [-0.25, -0.2) is 0 Å². The Kier molecular flexibility index (Phi) is 5.76. The lowest BCUT2D eigenvalue weighted by molar-refractivity contribution is -0.134. The van der Waals surface area contributed by atoms with Gasteiger partial charge in [0.1, 0.15) is 6.61 Å². The van der Waals surface area contributed by atoms with Gasteiger partial charge in [0.25, 0.3) is 0 Å². The van der Waals surface area contributed by atoms with Gasteiger partial charge in [-0.1, -0.05) is 0 Å². The van der Waals surface area contributed by atoms with Gasteiger partial charge in [-0.05, 0) is 37.8 Å². The fourth-order valence-electron chi connectivity index (χ4n) is 3.75. The van der Waals surface area contributed by atoms with Gasteiger partial charge in [-0.15, -0.1) is 0 Å². The molecule has 0 bridgehead atoms. The van der Waals surface area contributed by atoms with Gasteiger partial charge >= 0.3 is 0 Å². The second kappa shape index (κ2) is 7.85. The fourth-order valence-corrected chi connectivity index (χ4v) is 3.75. The number of likely N-dealkylation sites (tertiary alicyclic amines) is 1.